The van der Waals surface area contributed by atoms with Crippen molar-refractivity contribution < 1.29 is 14.6 Å². The molecule has 1 aromatic heterocycles. The summed E-state index contributed by atoms with van der Waals surface area (Å²) in [6.45, 7) is 5.95. The van der Waals surface area contributed by atoms with Crippen LogP contribution in [0.25, 0.3) is 0 Å². The van der Waals surface area contributed by atoms with Crippen LogP contribution >= 0.6 is 0 Å². The lowest BCUT2D eigenvalue weighted by Crippen LogP contribution is -2.37. The number of aromatic nitrogens is 1. The quantitative estimate of drug-likeness (QED) is 0.758. The first-order chi connectivity index (χ1) is 10.6. The number of likely N-dealkylation sites (N-methyl/N-ethyl adjacent to an activating group) is 1. The van der Waals surface area contributed by atoms with Gasteiger partial charge in [-0.2, -0.15) is 0 Å². The highest BCUT2D eigenvalue weighted by Crippen LogP contribution is 2.19. The van der Waals surface area contributed by atoms with Gasteiger partial charge in [0.2, 0.25) is 0 Å². The second-order valence-electron chi connectivity index (χ2n) is 5.63. The van der Waals surface area contributed by atoms with E-state index in [9.17, 15) is 9.59 Å². The Labute approximate surface area is 130 Å². The van der Waals surface area contributed by atoms with E-state index in [0.29, 0.717) is 18.7 Å². The molecule has 2 heterocycles. The number of ether oxygens (including phenoxy) is 1. The van der Waals surface area contributed by atoms with E-state index in [1.807, 2.05) is 0 Å². The average molecular weight is 308 g/mol. The number of aliphatic carboxylic acids is 1. The maximum atomic E-state index is 12.6. The second-order valence-corrected chi connectivity index (χ2v) is 5.63. The summed E-state index contributed by atoms with van der Waals surface area (Å²) in [5.74, 6) is -0.969. The third-order valence-electron chi connectivity index (χ3n) is 4.14. The van der Waals surface area contributed by atoms with Crippen molar-refractivity contribution in [3.8, 4) is 0 Å². The average Bonchev–Trinajstić information content (AvgIpc) is 2.49. The lowest BCUT2D eigenvalue weighted by molar-refractivity contribution is -0.136. The molecule has 0 radical (unpaired) electrons. The van der Waals surface area contributed by atoms with Crippen molar-refractivity contribution in [3.05, 3.63) is 33.2 Å². The fourth-order valence-electron chi connectivity index (χ4n) is 3.00. The Balaban J connectivity index is 2.40. The van der Waals surface area contributed by atoms with E-state index in [1.165, 1.54) is 0 Å². The molecule has 6 nitrogen and oxygen atoms in total. The summed E-state index contributed by atoms with van der Waals surface area (Å²) >= 11 is 0. The Hall–Kier alpha value is -1.66. The van der Waals surface area contributed by atoms with Crippen LogP contribution in [-0.4, -0.2) is 47.3 Å². The van der Waals surface area contributed by atoms with Crippen molar-refractivity contribution >= 4 is 5.97 Å². The van der Waals surface area contributed by atoms with Crippen LogP contribution in [-0.2, 0) is 35.5 Å². The van der Waals surface area contributed by atoms with Crippen LogP contribution < -0.4 is 5.56 Å². The van der Waals surface area contributed by atoms with Crippen LogP contribution in [0.15, 0.2) is 10.9 Å². The maximum Gasteiger partial charge on any atom is 0.308 e. The molecule has 122 valence electrons. The van der Waals surface area contributed by atoms with Crippen LogP contribution in [0.2, 0.25) is 0 Å². The number of rotatable bonds is 7. The van der Waals surface area contributed by atoms with E-state index >= 15 is 0 Å². The summed E-state index contributed by atoms with van der Waals surface area (Å²) < 4.78 is 6.82. The SMILES string of the molecule is CCN1CCc2c(cc(CC(=O)O)c(=O)n2CCCOC)C1. The molecule has 0 aromatic carbocycles. The van der Waals surface area contributed by atoms with Crippen molar-refractivity contribution in [1.29, 1.82) is 0 Å². The monoisotopic (exact) mass is 308 g/mol. The van der Waals surface area contributed by atoms with E-state index in [0.717, 1.165) is 43.7 Å². The number of nitrogens with zero attached hydrogens (tertiary/aromatic N) is 2. The number of carboxylic acids is 1. The van der Waals surface area contributed by atoms with Gasteiger partial charge in [-0.05, 0) is 24.6 Å². The molecule has 0 spiro atoms. The largest absolute Gasteiger partial charge is 0.481 e. The van der Waals surface area contributed by atoms with Crippen molar-refractivity contribution in [1.82, 2.24) is 9.47 Å². The molecule has 6 heteroatoms. The molecule has 22 heavy (non-hydrogen) atoms. The topological polar surface area (TPSA) is 71.8 Å². The zero-order valence-corrected chi connectivity index (χ0v) is 13.3. The standard InChI is InChI=1S/C16H24N2O4/c1-3-17-7-5-14-13(11-17)9-12(10-15(19)20)16(21)18(14)6-4-8-22-2/h9H,3-8,10-11H2,1-2H3,(H,19,20). The molecular weight excluding hydrogens is 284 g/mol. The summed E-state index contributed by atoms with van der Waals surface area (Å²) in [7, 11) is 1.64. The second kappa shape index (κ2) is 7.56. The first-order valence-corrected chi connectivity index (χ1v) is 7.74. The Morgan fingerprint density at radius 2 is 2.23 bits per heavy atom. The van der Waals surface area contributed by atoms with Gasteiger partial charge in [0, 0.05) is 51.0 Å². The fraction of sp³-hybridized carbons (Fsp3) is 0.625. The van der Waals surface area contributed by atoms with Gasteiger partial charge in [0.15, 0.2) is 0 Å². The lowest BCUT2D eigenvalue weighted by Gasteiger charge is -2.30. The molecule has 0 atom stereocenters. The molecule has 0 unspecified atom stereocenters. The minimum atomic E-state index is -0.969. The number of fused-ring (bicyclic) bond motifs is 1. The highest BCUT2D eigenvalue weighted by molar-refractivity contribution is 5.70. The highest BCUT2D eigenvalue weighted by atomic mass is 16.5. The van der Waals surface area contributed by atoms with Gasteiger partial charge in [0.25, 0.3) is 5.56 Å². The summed E-state index contributed by atoms with van der Waals surface area (Å²) in [5, 5.41) is 9.02. The molecule has 0 saturated carbocycles. The zero-order chi connectivity index (χ0) is 16.1. The fourth-order valence-corrected chi connectivity index (χ4v) is 3.00. The lowest BCUT2D eigenvalue weighted by atomic mass is 10.0. The van der Waals surface area contributed by atoms with E-state index < -0.39 is 5.97 Å². The first-order valence-electron chi connectivity index (χ1n) is 7.74. The van der Waals surface area contributed by atoms with E-state index in [4.69, 9.17) is 9.84 Å². The minimum absolute atomic E-state index is 0.165. The van der Waals surface area contributed by atoms with Crippen molar-refractivity contribution in [2.75, 3.05) is 26.8 Å². The van der Waals surface area contributed by atoms with Crippen LogP contribution in [0, 0.1) is 0 Å². The molecule has 1 N–H and O–H groups in total. The maximum absolute atomic E-state index is 12.6. The highest BCUT2D eigenvalue weighted by Gasteiger charge is 2.21. The molecule has 0 bridgehead atoms. The van der Waals surface area contributed by atoms with Gasteiger partial charge in [0.05, 0.1) is 6.42 Å². The van der Waals surface area contributed by atoms with E-state index in [1.54, 1.807) is 17.7 Å². The third-order valence-corrected chi connectivity index (χ3v) is 4.14. The molecule has 1 aromatic rings. The molecule has 0 fully saturated rings. The van der Waals surface area contributed by atoms with Gasteiger partial charge in [0.1, 0.15) is 0 Å². The molecule has 2 rings (SSSR count). The third kappa shape index (κ3) is 3.75. The number of carboxylic acid groups (broad SMARTS) is 1. The Bertz CT molecular complexity index is 595. The summed E-state index contributed by atoms with van der Waals surface area (Å²) in [6.07, 6.45) is 1.36. The van der Waals surface area contributed by atoms with Crippen molar-refractivity contribution in [2.24, 2.45) is 0 Å². The van der Waals surface area contributed by atoms with Crippen LogP contribution in [0.4, 0.5) is 0 Å². The molecular formula is C16H24N2O4. The summed E-state index contributed by atoms with van der Waals surface area (Å²) in [5.41, 5.74) is 2.35. The molecule has 0 aliphatic carbocycles. The van der Waals surface area contributed by atoms with Crippen LogP contribution in [0.3, 0.4) is 0 Å². The number of carbonyl (C=O) groups is 1. The first kappa shape index (κ1) is 16.7. The van der Waals surface area contributed by atoms with Crippen LogP contribution in [0.5, 0.6) is 0 Å². The van der Waals surface area contributed by atoms with E-state index in [2.05, 4.69) is 11.8 Å². The Morgan fingerprint density at radius 1 is 1.45 bits per heavy atom. The zero-order valence-electron chi connectivity index (χ0n) is 13.3. The number of pyridine rings is 1. The predicted octanol–water partition coefficient (Wildman–Crippen LogP) is 0.890. The molecule has 0 amide bonds. The molecule has 1 aliphatic heterocycles. The van der Waals surface area contributed by atoms with Gasteiger partial charge in [-0.15, -0.1) is 0 Å². The normalized spacial score (nSPS) is 14.8. The van der Waals surface area contributed by atoms with Gasteiger partial charge in [-0.25, -0.2) is 0 Å². The number of methoxy groups -OCH3 is 1. The minimum Gasteiger partial charge on any atom is -0.481 e. The van der Waals surface area contributed by atoms with Crippen molar-refractivity contribution in [2.45, 2.75) is 39.3 Å². The molecule has 1 aliphatic rings. The van der Waals surface area contributed by atoms with Gasteiger partial charge < -0.3 is 14.4 Å². The van der Waals surface area contributed by atoms with Crippen molar-refractivity contribution in [3.63, 3.8) is 0 Å². The Morgan fingerprint density at radius 3 is 2.86 bits per heavy atom. The Kier molecular flexibility index (Phi) is 5.74. The summed E-state index contributed by atoms with van der Waals surface area (Å²) in [6, 6.07) is 1.79. The predicted molar refractivity (Wildman–Crippen MR) is 83.2 cm³/mol. The van der Waals surface area contributed by atoms with Crippen LogP contribution in [0.1, 0.15) is 30.2 Å². The number of hydrogen-bond acceptors (Lipinski definition) is 4. The summed E-state index contributed by atoms with van der Waals surface area (Å²) in [4.78, 5) is 25.9. The van der Waals surface area contributed by atoms with Gasteiger partial charge in [-0.3, -0.25) is 14.5 Å². The smallest absolute Gasteiger partial charge is 0.308 e. The van der Waals surface area contributed by atoms with Gasteiger partial charge in [-0.1, -0.05) is 6.92 Å². The van der Waals surface area contributed by atoms with E-state index in [-0.39, 0.29) is 12.0 Å². The van der Waals surface area contributed by atoms with Gasteiger partial charge >= 0.3 is 5.97 Å². The number of hydrogen-bond donors (Lipinski definition) is 1. The molecule has 0 saturated heterocycles.